The second-order valence-electron chi connectivity index (χ2n) is 6.73. The molecule has 0 unspecified atom stereocenters. The Bertz CT molecular complexity index is 898. The summed E-state index contributed by atoms with van der Waals surface area (Å²) >= 11 is 3.59. The van der Waals surface area contributed by atoms with Gasteiger partial charge in [-0.15, -0.1) is 0 Å². The third-order valence-corrected chi connectivity index (χ3v) is 5.37. The highest BCUT2D eigenvalue weighted by atomic mass is 79.9. The summed E-state index contributed by atoms with van der Waals surface area (Å²) < 4.78 is 3.06. The molecule has 1 aromatic carbocycles. The molecular formula is C18H21BrN6. The van der Waals surface area contributed by atoms with Gasteiger partial charge in [-0.25, -0.2) is 9.97 Å². The van der Waals surface area contributed by atoms with Crippen molar-refractivity contribution in [3.05, 3.63) is 40.9 Å². The molecule has 0 saturated carbocycles. The second-order valence-corrected chi connectivity index (χ2v) is 7.59. The van der Waals surface area contributed by atoms with Crippen LogP contribution in [0.2, 0.25) is 0 Å². The number of piperidine rings is 1. The SMILES string of the molecule is Cc1cc(Br)c2ncnc(Nc3cnn(C4CCN(C)CC4)c3)c2c1. The minimum absolute atomic E-state index is 0.477. The number of benzene rings is 1. The van der Waals surface area contributed by atoms with E-state index < -0.39 is 0 Å². The number of fused-ring (bicyclic) bond motifs is 1. The highest BCUT2D eigenvalue weighted by molar-refractivity contribution is 9.10. The molecule has 3 aromatic rings. The maximum Gasteiger partial charge on any atom is 0.141 e. The summed E-state index contributed by atoms with van der Waals surface area (Å²) in [5.41, 5.74) is 3.03. The van der Waals surface area contributed by atoms with Crippen molar-refractivity contribution in [3.63, 3.8) is 0 Å². The Hall–Kier alpha value is -1.99. The van der Waals surface area contributed by atoms with Crippen LogP contribution in [-0.4, -0.2) is 44.8 Å². The van der Waals surface area contributed by atoms with Crippen LogP contribution in [0.1, 0.15) is 24.4 Å². The zero-order valence-corrected chi connectivity index (χ0v) is 16.0. The van der Waals surface area contributed by atoms with Gasteiger partial charge in [-0.1, -0.05) is 0 Å². The molecule has 3 heterocycles. The Morgan fingerprint density at radius 1 is 1.20 bits per heavy atom. The van der Waals surface area contributed by atoms with E-state index in [1.165, 1.54) is 5.56 Å². The lowest BCUT2D eigenvalue weighted by Crippen LogP contribution is -2.31. The number of nitrogens with one attached hydrogen (secondary N) is 1. The van der Waals surface area contributed by atoms with Crippen LogP contribution in [0.3, 0.4) is 0 Å². The lowest BCUT2D eigenvalue weighted by Gasteiger charge is -2.28. The molecule has 1 fully saturated rings. The fourth-order valence-electron chi connectivity index (χ4n) is 3.36. The molecule has 2 aromatic heterocycles. The van der Waals surface area contributed by atoms with E-state index >= 15 is 0 Å². The van der Waals surface area contributed by atoms with Gasteiger partial charge in [0.25, 0.3) is 0 Å². The number of aromatic nitrogens is 4. The molecule has 4 rings (SSSR count). The van der Waals surface area contributed by atoms with Gasteiger partial charge in [-0.05, 0) is 73.5 Å². The molecule has 1 aliphatic heterocycles. The van der Waals surface area contributed by atoms with Crippen molar-refractivity contribution in [3.8, 4) is 0 Å². The Morgan fingerprint density at radius 2 is 2.00 bits per heavy atom. The number of aryl methyl sites for hydroxylation is 1. The molecule has 0 aliphatic carbocycles. The fourth-order valence-corrected chi connectivity index (χ4v) is 4.04. The summed E-state index contributed by atoms with van der Waals surface area (Å²) in [6, 6.07) is 4.64. The van der Waals surface area contributed by atoms with E-state index in [4.69, 9.17) is 0 Å². The van der Waals surface area contributed by atoms with Gasteiger partial charge in [-0.3, -0.25) is 4.68 Å². The van der Waals surface area contributed by atoms with Crippen LogP contribution >= 0.6 is 15.9 Å². The van der Waals surface area contributed by atoms with Gasteiger partial charge in [0.2, 0.25) is 0 Å². The zero-order valence-electron chi connectivity index (χ0n) is 14.4. The predicted molar refractivity (Wildman–Crippen MR) is 103 cm³/mol. The summed E-state index contributed by atoms with van der Waals surface area (Å²) in [5, 5.41) is 8.96. The Balaban J connectivity index is 1.60. The van der Waals surface area contributed by atoms with E-state index in [2.05, 4.69) is 78.2 Å². The smallest absolute Gasteiger partial charge is 0.141 e. The number of rotatable bonds is 3. The molecule has 1 N–H and O–H groups in total. The van der Waals surface area contributed by atoms with Crippen LogP contribution in [-0.2, 0) is 0 Å². The second kappa shape index (κ2) is 6.72. The van der Waals surface area contributed by atoms with E-state index in [-0.39, 0.29) is 0 Å². The molecule has 0 radical (unpaired) electrons. The highest BCUT2D eigenvalue weighted by Gasteiger charge is 2.19. The molecule has 25 heavy (non-hydrogen) atoms. The molecular weight excluding hydrogens is 380 g/mol. The summed E-state index contributed by atoms with van der Waals surface area (Å²) in [7, 11) is 2.17. The van der Waals surface area contributed by atoms with Gasteiger partial charge in [0.05, 0.1) is 23.4 Å². The number of hydrogen-bond acceptors (Lipinski definition) is 5. The standard InChI is InChI=1S/C18H21BrN6/c1-12-7-15-17(16(19)8-12)20-11-21-18(15)23-13-9-22-25(10-13)14-3-5-24(2)6-4-14/h7-11,14H,3-6H2,1-2H3,(H,20,21,23). The minimum Gasteiger partial charge on any atom is -0.337 e. The first-order chi connectivity index (χ1) is 12.1. The minimum atomic E-state index is 0.477. The molecule has 0 bridgehead atoms. The van der Waals surface area contributed by atoms with E-state index in [9.17, 15) is 0 Å². The van der Waals surface area contributed by atoms with Gasteiger partial charge >= 0.3 is 0 Å². The third-order valence-electron chi connectivity index (χ3n) is 4.76. The number of likely N-dealkylation sites (tertiary alicyclic amines) is 1. The predicted octanol–water partition coefficient (Wildman–Crippen LogP) is 3.91. The van der Waals surface area contributed by atoms with Crippen molar-refractivity contribution in [2.45, 2.75) is 25.8 Å². The Morgan fingerprint density at radius 3 is 2.80 bits per heavy atom. The summed E-state index contributed by atoms with van der Waals surface area (Å²) in [4.78, 5) is 11.2. The summed E-state index contributed by atoms with van der Waals surface area (Å²) in [6.45, 7) is 4.31. The van der Waals surface area contributed by atoms with Crippen LogP contribution in [0.25, 0.3) is 10.9 Å². The largest absolute Gasteiger partial charge is 0.337 e. The third kappa shape index (κ3) is 3.39. The van der Waals surface area contributed by atoms with Crippen LogP contribution < -0.4 is 5.32 Å². The molecule has 7 heteroatoms. The van der Waals surface area contributed by atoms with Crippen molar-refractivity contribution in [2.75, 3.05) is 25.5 Å². The molecule has 1 aliphatic rings. The van der Waals surface area contributed by atoms with Crippen molar-refractivity contribution in [1.29, 1.82) is 0 Å². The van der Waals surface area contributed by atoms with Gasteiger partial charge < -0.3 is 10.2 Å². The highest BCUT2D eigenvalue weighted by Crippen LogP contribution is 2.30. The topological polar surface area (TPSA) is 58.9 Å². The van der Waals surface area contributed by atoms with Crippen LogP contribution in [0.4, 0.5) is 11.5 Å². The van der Waals surface area contributed by atoms with E-state index in [1.807, 2.05) is 6.20 Å². The molecule has 130 valence electrons. The van der Waals surface area contributed by atoms with Crippen LogP contribution in [0.15, 0.2) is 35.3 Å². The molecule has 0 atom stereocenters. The first kappa shape index (κ1) is 16.5. The molecule has 6 nitrogen and oxygen atoms in total. The maximum atomic E-state index is 4.56. The fraction of sp³-hybridized carbons (Fsp3) is 0.389. The van der Waals surface area contributed by atoms with Crippen molar-refractivity contribution in [2.24, 2.45) is 0 Å². The van der Waals surface area contributed by atoms with Crippen molar-refractivity contribution >= 4 is 38.3 Å². The molecule has 1 saturated heterocycles. The maximum absolute atomic E-state index is 4.56. The van der Waals surface area contributed by atoms with Gasteiger partial charge in [0.1, 0.15) is 12.1 Å². The lowest BCUT2D eigenvalue weighted by molar-refractivity contribution is 0.212. The monoisotopic (exact) mass is 400 g/mol. The van der Waals surface area contributed by atoms with Crippen molar-refractivity contribution in [1.82, 2.24) is 24.6 Å². The first-order valence-electron chi connectivity index (χ1n) is 8.51. The normalized spacial score (nSPS) is 16.4. The Labute approximate surface area is 155 Å². The lowest BCUT2D eigenvalue weighted by atomic mass is 10.1. The van der Waals surface area contributed by atoms with E-state index in [0.717, 1.165) is 52.8 Å². The first-order valence-corrected chi connectivity index (χ1v) is 9.30. The number of nitrogens with zero attached hydrogens (tertiary/aromatic N) is 5. The van der Waals surface area contributed by atoms with E-state index in [0.29, 0.717) is 6.04 Å². The van der Waals surface area contributed by atoms with Crippen molar-refractivity contribution < 1.29 is 0 Å². The summed E-state index contributed by atoms with van der Waals surface area (Å²) in [5.74, 6) is 0.803. The van der Waals surface area contributed by atoms with Gasteiger partial charge in [-0.2, -0.15) is 5.10 Å². The Kier molecular flexibility index (Phi) is 4.43. The quantitative estimate of drug-likeness (QED) is 0.721. The zero-order chi connectivity index (χ0) is 17.4. The van der Waals surface area contributed by atoms with E-state index in [1.54, 1.807) is 6.33 Å². The number of halogens is 1. The molecule has 0 spiro atoms. The average molecular weight is 401 g/mol. The molecule has 0 amide bonds. The van der Waals surface area contributed by atoms with Crippen LogP contribution in [0.5, 0.6) is 0 Å². The number of anilines is 2. The summed E-state index contributed by atoms with van der Waals surface area (Å²) in [6.07, 6.45) is 7.82. The number of hydrogen-bond donors (Lipinski definition) is 1. The van der Waals surface area contributed by atoms with Gasteiger partial charge in [0, 0.05) is 16.1 Å². The van der Waals surface area contributed by atoms with Gasteiger partial charge in [0.15, 0.2) is 0 Å². The van der Waals surface area contributed by atoms with Crippen LogP contribution in [0, 0.1) is 6.92 Å². The average Bonchev–Trinajstić information content (AvgIpc) is 3.05.